The van der Waals surface area contributed by atoms with Crippen molar-refractivity contribution in [2.45, 2.75) is 19.6 Å². The monoisotopic (exact) mass is 344 g/mol. The Morgan fingerprint density at radius 1 is 1.00 bits per heavy atom. The molecule has 0 bridgehead atoms. The van der Waals surface area contributed by atoms with Crippen LogP contribution in [0.4, 0.5) is 11.4 Å². The van der Waals surface area contributed by atoms with Crippen molar-refractivity contribution in [2.24, 2.45) is 0 Å². The molecule has 4 nitrogen and oxygen atoms in total. The van der Waals surface area contributed by atoms with Gasteiger partial charge in [-0.1, -0.05) is 60.2 Å². The SMILES string of the molecule is Cc1ccc(CN2C(=O)C(c3ccccc3)Oc3cc(N)ccc32)cc1. The first kappa shape index (κ1) is 16.2. The van der Waals surface area contributed by atoms with Crippen LogP contribution in [0.1, 0.15) is 22.8 Å². The Labute approximate surface area is 152 Å². The van der Waals surface area contributed by atoms with Crippen molar-refractivity contribution < 1.29 is 9.53 Å². The Balaban J connectivity index is 1.75. The zero-order valence-corrected chi connectivity index (χ0v) is 14.6. The number of hydrogen-bond acceptors (Lipinski definition) is 3. The van der Waals surface area contributed by atoms with Gasteiger partial charge < -0.3 is 15.4 Å². The number of aryl methyl sites for hydroxylation is 1. The van der Waals surface area contributed by atoms with E-state index in [1.807, 2.05) is 55.5 Å². The second kappa shape index (κ2) is 6.56. The second-order valence-electron chi connectivity index (χ2n) is 6.55. The lowest BCUT2D eigenvalue weighted by Crippen LogP contribution is -2.40. The number of nitrogen functional groups attached to an aromatic ring is 1. The molecule has 0 spiro atoms. The Hall–Kier alpha value is -3.27. The number of anilines is 2. The molecule has 3 aromatic carbocycles. The van der Waals surface area contributed by atoms with E-state index in [0.717, 1.165) is 16.8 Å². The summed E-state index contributed by atoms with van der Waals surface area (Å²) < 4.78 is 6.03. The van der Waals surface area contributed by atoms with Gasteiger partial charge in [-0.2, -0.15) is 0 Å². The molecule has 1 atom stereocenters. The number of amides is 1. The third-order valence-electron chi connectivity index (χ3n) is 4.57. The van der Waals surface area contributed by atoms with Crippen molar-refractivity contribution in [3.8, 4) is 5.75 Å². The van der Waals surface area contributed by atoms with Crippen LogP contribution in [0.5, 0.6) is 5.75 Å². The Kier molecular flexibility index (Phi) is 4.09. The average molecular weight is 344 g/mol. The van der Waals surface area contributed by atoms with Crippen LogP contribution in [0.2, 0.25) is 0 Å². The van der Waals surface area contributed by atoms with Crippen molar-refractivity contribution in [2.75, 3.05) is 10.6 Å². The Morgan fingerprint density at radius 3 is 2.46 bits per heavy atom. The van der Waals surface area contributed by atoms with Crippen LogP contribution in [-0.4, -0.2) is 5.91 Å². The molecule has 0 aromatic heterocycles. The van der Waals surface area contributed by atoms with Crippen LogP contribution >= 0.6 is 0 Å². The molecular weight excluding hydrogens is 324 g/mol. The summed E-state index contributed by atoms with van der Waals surface area (Å²) in [6, 6.07) is 23.2. The predicted octanol–water partition coefficient (Wildman–Crippen LogP) is 4.24. The smallest absolute Gasteiger partial charge is 0.273 e. The molecule has 4 rings (SSSR count). The molecule has 26 heavy (non-hydrogen) atoms. The molecule has 0 radical (unpaired) electrons. The maximum Gasteiger partial charge on any atom is 0.273 e. The van der Waals surface area contributed by atoms with Gasteiger partial charge in [0.25, 0.3) is 5.91 Å². The second-order valence-corrected chi connectivity index (χ2v) is 6.55. The van der Waals surface area contributed by atoms with E-state index in [9.17, 15) is 4.79 Å². The lowest BCUT2D eigenvalue weighted by molar-refractivity contribution is -0.126. The van der Waals surface area contributed by atoms with Gasteiger partial charge in [0.2, 0.25) is 6.10 Å². The standard InChI is InChI=1S/C22H20N2O2/c1-15-7-9-16(10-8-15)14-24-19-12-11-18(23)13-20(19)26-21(22(24)25)17-5-3-2-4-6-17/h2-13,21H,14,23H2,1H3. The Morgan fingerprint density at radius 2 is 1.73 bits per heavy atom. The van der Waals surface area contributed by atoms with Gasteiger partial charge in [0, 0.05) is 17.3 Å². The van der Waals surface area contributed by atoms with Gasteiger partial charge in [-0.05, 0) is 24.6 Å². The zero-order chi connectivity index (χ0) is 18.1. The molecule has 1 aliphatic rings. The van der Waals surface area contributed by atoms with Gasteiger partial charge in [0.05, 0.1) is 12.2 Å². The van der Waals surface area contributed by atoms with Crippen LogP contribution < -0.4 is 15.4 Å². The zero-order valence-electron chi connectivity index (χ0n) is 14.6. The fourth-order valence-corrected chi connectivity index (χ4v) is 3.16. The summed E-state index contributed by atoms with van der Waals surface area (Å²) in [7, 11) is 0. The third kappa shape index (κ3) is 3.02. The fraction of sp³-hybridized carbons (Fsp3) is 0.136. The molecule has 0 fully saturated rings. The molecule has 0 saturated heterocycles. The highest BCUT2D eigenvalue weighted by Gasteiger charge is 2.35. The van der Waals surface area contributed by atoms with Gasteiger partial charge in [-0.25, -0.2) is 0 Å². The van der Waals surface area contributed by atoms with Gasteiger partial charge in [-0.15, -0.1) is 0 Å². The summed E-state index contributed by atoms with van der Waals surface area (Å²) in [5.74, 6) is 0.555. The van der Waals surface area contributed by atoms with E-state index in [2.05, 4.69) is 12.1 Å². The van der Waals surface area contributed by atoms with E-state index in [1.165, 1.54) is 5.56 Å². The normalized spacial score (nSPS) is 16.1. The van der Waals surface area contributed by atoms with E-state index in [0.29, 0.717) is 18.0 Å². The quantitative estimate of drug-likeness (QED) is 0.723. The topological polar surface area (TPSA) is 55.6 Å². The fourth-order valence-electron chi connectivity index (χ4n) is 3.16. The highest BCUT2D eigenvalue weighted by Crippen LogP contribution is 2.40. The third-order valence-corrected chi connectivity index (χ3v) is 4.57. The number of benzene rings is 3. The van der Waals surface area contributed by atoms with Crippen LogP contribution in [0, 0.1) is 6.92 Å². The van der Waals surface area contributed by atoms with E-state index in [4.69, 9.17) is 10.5 Å². The van der Waals surface area contributed by atoms with Crippen molar-refractivity contribution in [1.29, 1.82) is 0 Å². The molecule has 3 aromatic rings. The minimum atomic E-state index is -0.670. The molecule has 130 valence electrons. The lowest BCUT2D eigenvalue weighted by atomic mass is 10.0. The maximum absolute atomic E-state index is 13.2. The minimum Gasteiger partial charge on any atom is -0.474 e. The number of carbonyl (C=O) groups is 1. The molecule has 1 amide bonds. The predicted molar refractivity (Wildman–Crippen MR) is 103 cm³/mol. The molecule has 2 N–H and O–H groups in total. The Bertz CT molecular complexity index is 936. The minimum absolute atomic E-state index is 0.0750. The maximum atomic E-state index is 13.2. The van der Waals surface area contributed by atoms with Crippen molar-refractivity contribution >= 4 is 17.3 Å². The summed E-state index contributed by atoms with van der Waals surface area (Å²) >= 11 is 0. The first-order valence-corrected chi connectivity index (χ1v) is 8.60. The first-order chi connectivity index (χ1) is 12.6. The molecule has 0 saturated carbocycles. The van der Waals surface area contributed by atoms with Gasteiger partial charge in [0.15, 0.2) is 0 Å². The highest BCUT2D eigenvalue weighted by atomic mass is 16.5. The summed E-state index contributed by atoms with van der Waals surface area (Å²) in [5.41, 5.74) is 10.4. The molecule has 1 aliphatic heterocycles. The van der Waals surface area contributed by atoms with Crippen molar-refractivity contribution in [3.63, 3.8) is 0 Å². The highest BCUT2D eigenvalue weighted by molar-refractivity contribution is 6.00. The summed E-state index contributed by atoms with van der Waals surface area (Å²) in [6.07, 6.45) is -0.670. The van der Waals surface area contributed by atoms with Gasteiger partial charge in [-0.3, -0.25) is 4.79 Å². The molecule has 4 heteroatoms. The van der Waals surface area contributed by atoms with E-state index in [1.54, 1.807) is 17.0 Å². The summed E-state index contributed by atoms with van der Waals surface area (Å²) in [6.45, 7) is 2.54. The van der Waals surface area contributed by atoms with E-state index >= 15 is 0 Å². The van der Waals surface area contributed by atoms with Crippen molar-refractivity contribution in [3.05, 3.63) is 89.5 Å². The number of nitrogens with zero attached hydrogens (tertiary/aromatic N) is 1. The lowest BCUT2D eigenvalue weighted by Gasteiger charge is -2.34. The molecule has 1 heterocycles. The number of hydrogen-bond donors (Lipinski definition) is 1. The van der Waals surface area contributed by atoms with Crippen LogP contribution in [0.3, 0.4) is 0 Å². The number of ether oxygens (including phenoxy) is 1. The first-order valence-electron chi connectivity index (χ1n) is 8.60. The number of rotatable bonds is 3. The van der Waals surface area contributed by atoms with Crippen LogP contribution in [-0.2, 0) is 11.3 Å². The van der Waals surface area contributed by atoms with E-state index in [-0.39, 0.29) is 5.91 Å². The summed E-state index contributed by atoms with van der Waals surface area (Å²) in [4.78, 5) is 15.0. The number of carbonyl (C=O) groups excluding carboxylic acids is 1. The molecule has 0 aliphatic carbocycles. The number of nitrogens with two attached hydrogens (primary N) is 1. The van der Waals surface area contributed by atoms with Gasteiger partial charge in [0.1, 0.15) is 5.75 Å². The van der Waals surface area contributed by atoms with Crippen molar-refractivity contribution in [1.82, 2.24) is 0 Å². The van der Waals surface area contributed by atoms with Gasteiger partial charge >= 0.3 is 0 Å². The average Bonchev–Trinajstić information content (AvgIpc) is 2.66. The van der Waals surface area contributed by atoms with Crippen LogP contribution in [0.25, 0.3) is 0 Å². The molecule has 1 unspecified atom stereocenters. The largest absolute Gasteiger partial charge is 0.474 e. The number of fused-ring (bicyclic) bond motifs is 1. The summed E-state index contributed by atoms with van der Waals surface area (Å²) in [5, 5.41) is 0. The molecular formula is C22H20N2O2. The van der Waals surface area contributed by atoms with E-state index < -0.39 is 6.10 Å². The van der Waals surface area contributed by atoms with Crippen LogP contribution in [0.15, 0.2) is 72.8 Å².